The first-order chi connectivity index (χ1) is 9.74. The molecule has 0 aliphatic heterocycles. The Labute approximate surface area is 126 Å². The Bertz CT molecular complexity index is 746. The monoisotopic (exact) mass is 309 g/mol. The summed E-state index contributed by atoms with van der Waals surface area (Å²) in [5.74, 6) is 1.98. The van der Waals surface area contributed by atoms with Gasteiger partial charge in [0.15, 0.2) is 5.82 Å². The average molecular weight is 310 g/mol. The van der Waals surface area contributed by atoms with Crippen molar-refractivity contribution in [1.29, 1.82) is 0 Å². The van der Waals surface area contributed by atoms with Crippen LogP contribution in [-0.4, -0.2) is 24.3 Å². The minimum Gasteiger partial charge on any atom is -0.319 e. The zero-order valence-electron chi connectivity index (χ0n) is 10.9. The van der Waals surface area contributed by atoms with E-state index in [2.05, 4.69) is 22.1 Å². The third kappa shape index (κ3) is 2.17. The lowest BCUT2D eigenvalue weighted by Gasteiger charge is -2.08. The van der Waals surface area contributed by atoms with Gasteiger partial charge < -0.3 is 9.13 Å². The fourth-order valence-corrected chi connectivity index (χ4v) is 2.66. The molecular weight excluding hydrogens is 297 g/mol. The Hall–Kier alpha value is -1.59. The van der Waals surface area contributed by atoms with E-state index in [9.17, 15) is 0 Å². The van der Waals surface area contributed by atoms with Crippen molar-refractivity contribution in [2.24, 2.45) is 0 Å². The van der Waals surface area contributed by atoms with E-state index in [1.807, 2.05) is 27.3 Å². The zero-order valence-corrected chi connectivity index (χ0v) is 12.4. The zero-order chi connectivity index (χ0) is 14.1. The van der Waals surface area contributed by atoms with Gasteiger partial charge in [0.2, 0.25) is 0 Å². The molecule has 0 bridgehead atoms. The Morgan fingerprint density at radius 1 is 1.25 bits per heavy atom. The summed E-state index contributed by atoms with van der Waals surface area (Å²) in [5.41, 5.74) is 1.73. The van der Waals surface area contributed by atoms with Crippen LogP contribution in [0.2, 0.25) is 5.02 Å². The van der Waals surface area contributed by atoms with Crippen LogP contribution < -0.4 is 0 Å². The second-order valence-electron chi connectivity index (χ2n) is 4.39. The van der Waals surface area contributed by atoms with Crippen LogP contribution in [-0.2, 0) is 19.0 Å². The maximum atomic E-state index is 6.19. The number of hydrogen-bond acceptors (Lipinski definition) is 3. The highest BCUT2D eigenvalue weighted by molar-refractivity contribution is 6.35. The highest BCUT2D eigenvalue weighted by Crippen LogP contribution is 2.25. The molecule has 0 aliphatic rings. The van der Waals surface area contributed by atoms with Crippen LogP contribution in [0.25, 0.3) is 11.0 Å². The van der Waals surface area contributed by atoms with E-state index < -0.39 is 0 Å². The van der Waals surface area contributed by atoms with Crippen LogP contribution in [0.3, 0.4) is 0 Å². The summed E-state index contributed by atoms with van der Waals surface area (Å²) < 4.78 is 4.03. The fourth-order valence-electron chi connectivity index (χ4n) is 2.25. The summed E-state index contributed by atoms with van der Waals surface area (Å²) in [7, 11) is 0. The second kappa shape index (κ2) is 5.42. The Morgan fingerprint density at radius 2 is 2.10 bits per heavy atom. The fraction of sp³-hybridized carbons (Fsp3) is 0.308. The van der Waals surface area contributed by atoms with Gasteiger partial charge in [-0.15, -0.1) is 21.8 Å². The molecule has 0 aliphatic carbocycles. The van der Waals surface area contributed by atoms with Crippen LogP contribution >= 0.6 is 23.2 Å². The van der Waals surface area contributed by atoms with Crippen LogP contribution in [0.5, 0.6) is 0 Å². The van der Waals surface area contributed by atoms with Crippen LogP contribution in [0.4, 0.5) is 0 Å². The molecular formula is C13H13Cl2N5. The van der Waals surface area contributed by atoms with Crippen LogP contribution in [0.15, 0.2) is 24.5 Å². The van der Waals surface area contributed by atoms with Crippen molar-refractivity contribution >= 4 is 34.2 Å². The Kier molecular flexibility index (Phi) is 3.63. The third-order valence-electron chi connectivity index (χ3n) is 3.26. The second-order valence-corrected chi connectivity index (χ2v) is 5.06. The summed E-state index contributed by atoms with van der Waals surface area (Å²) in [4.78, 5) is 4.51. The molecule has 0 spiro atoms. The highest BCUT2D eigenvalue weighted by atomic mass is 35.5. The first-order valence-electron chi connectivity index (χ1n) is 6.30. The number of hydrogen-bond donors (Lipinski definition) is 0. The normalized spacial score (nSPS) is 11.3. The molecule has 3 rings (SSSR count). The van der Waals surface area contributed by atoms with Gasteiger partial charge in [0.1, 0.15) is 17.7 Å². The van der Waals surface area contributed by atoms with Gasteiger partial charge in [-0.1, -0.05) is 17.7 Å². The number of rotatable bonds is 4. The highest BCUT2D eigenvalue weighted by Gasteiger charge is 2.14. The van der Waals surface area contributed by atoms with Crippen LogP contribution in [0.1, 0.15) is 18.6 Å². The molecule has 0 amide bonds. The van der Waals surface area contributed by atoms with Gasteiger partial charge in [-0.2, -0.15) is 0 Å². The molecule has 7 heteroatoms. The number of nitrogens with zero attached hydrogens (tertiary/aromatic N) is 5. The molecule has 0 saturated carbocycles. The Balaban J connectivity index is 2.13. The van der Waals surface area contributed by atoms with Gasteiger partial charge in [0.05, 0.1) is 23.0 Å². The SMILES string of the molecule is CCn1cnnc1Cn1c(CCl)nc2c(Cl)cccc21. The van der Waals surface area contributed by atoms with Crippen molar-refractivity contribution in [1.82, 2.24) is 24.3 Å². The number of aromatic nitrogens is 5. The molecule has 2 aromatic heterocycles. The summed E-state index contributed by atoms with van der Waals surface area (Å²) in [6.45, 7) is 3.46. The van der Waals surface area contributed by atoms with Crippen molar-refractivity contribution in [3.05, 3.63) is 41.2 Å². The predicted molar refractivity (Wildman–Crippen MR) is 79.1 cm³/mol. The van der Waals surface area contributed by atoms with Gasteiger partial charge in [0, 0.05) is 6.54 Å². The largest absolute Gasteiger partial charge is 0.319 e. The van der Waals surface area contributed by atoms with Crippen molar-refractivity contribution in [2.75, 3.05) is 0 Å². The summed E-state index contributed by atoms with van der Waals surface area (Å²) >= 11 is 12.2. The number of alkyl halides is 1. The number of fused-ring (bicyclic) bond motifs is 1. The maximum absolute atomic E-state index is 6.19. The number of benzene rings is 1. The molecule has 5 nitrogen and oxygen atoms in total. The minimum absolute atomic E-state index is 0.325. The minimum atomic E-state index is 0.325. The molecule has 1 aromatic carbocycles. The van der Waals surface area contributed by atoms with Gasteiger partial charge >= 0.3 is 0 Å². The van der Waals surface area contributed by atoms with E-state index in [-0.39, 0.29) is 0 Å². The molecule has 20 heavy (non-hydrogen) atoms. The molecule has 0 atom stereocenters. The molecule has 0 saturated heterocycles. The van der Waals surface area contributed by atoms with Gasteiger partial charge in [0.25, 0.3) is 0 Å². The quantitative estimate of drug-likeness (QED) is 0.696. The number of aryl methyl sites for hydroxylation is 1. The number of imidazole rings is 1. The first kappa shape index (κ1) is 13.4. The molecule has 0 N–H and O–H groups in total. The van der Waals surface area contributed by atoms with Gasteiger partial charge in [-0.25, -0.2) is 4.98 Å². The molecule has 2 heterocycles. The predicted octanol–water partition coefficient (Wildman–Crippen LogP) is 3.09. The lowest BCUT2D eigenvalue weighted by Crippen LogP contribution is -2.09. The lowest BCUT2D eigenvalue weighted by molar-refractivity contribution is 0.648. The van der Waals surface area contributed by atoms with E-state index in [4.69, 9.17) is 23.2 Å². The Morgan fingerprint density at radius 3 is 2.85 bits per heavy atom. The van der Waals surface area contributed by atoms with Crippen molar-refractivity contribution in [3.63, 3.8) is 0 Å². The topological polar surface area (TPSA) is 48.5 Å². The number of para-hydroxylation sites is 1. The molecule has 3 aromatic rings. The van der Waals surface area contributed by atoms with E-state index in [0.29, 0.717) is 17.4 Å². The van der Waals surface area contributed by atoms with Gasteiger partial charge in [-0.3, -0.25) is 0 Å². The molecule has 0 fully saturated rings. The van der Waals surface area contributed by atoms with Crippen molar-refractivity contribution < 1.29 is 0 Å². The van der Waals surface area contributed by atoms with Gasteiger partial charge in [-0.05, 0) is 19.1 Å². The van der Waals surface area contributed by atoms with E-state index >= 15 is 0 Å². The summed E-state index contributed by atoms with van der Waals surface area (Å²) in [5, 5.41) is 8.73. The molecule has 0 unspecified atom stereocenters. The summed E-state index contributed by atoms with van der Waals surface area (Å²) in [6, 6.07) is 5.72. The van der Waals surface area contributed by atoms with E-state index in [1.54, 1.807) is 6.33 Å². The molecule has 0 radical (unpaired) electrons. The first-order valence-corrected chi connectivity index (χ1v) is 7.22. The smallest absolute Gasteiger partial charge is 0.152 e. The standard InChI is InChI=1S/C13H13Cl2N5/c1-2-19-8-16-18-12(19)7-20-10-5-3-4-9(15)13(10)17-11(20)6-14/h3-5,8H,2,6-7H2,1H3. The lowest BCUT2D eigenvalue weighted by atomic mass is 10.3. The summed E-state index contributed by atoms with van der Waals surface area (Å²) in [6.07, 6.45) is 1.72. The van der Waals surface area contributed by atoms with Crippen molar-refractivity contribution in [3.8, 4) is 0 Å². The number of halogens is 2. The van der Waals surface area contributed by atoms with Crippen LogP contribution in [0, 0.1) is 0 Å². The van der Waals surface area contributed by atoms with Crippen molar-refractivity contribution in [2.45, 2.75) is 25.9 Å². The third-order valence-corrected chi connectivity index (χ3v) is 3.81. The average Bonchev–Trinajstić information content (AvgIpc) is 3.05. The van der Waals surface area contributed by atoms with E-state index in [0.717, 1.165) is 29.2 Å². The molecule has 104 valence electrons. The van der Waals surface area contributed by atoms with E-state index in [1.165, 1.54) is 0 Å². The maximum Gasteiger partial charge on any atom is 0.152 e.